The van der Waals surface area contributed by atoms with E-state index in [0.717, 1.165) is 16.7 Å². The Balaban J connectivity index is 2.18. The highest BCUT2D eigenvalue weighted by molar-refractivity contribution is 5.88. The maximum Gasteiger partial charge on any atom is 0.261 e. The van der Waals surface area contributed by atoms with Gasteiger partial charge in [0.1, 0.15) is 11.8 Å². The second-order valence-corrected chi connectivity index (χ2v) is 8.13. The van der Waals surface area contributed by atoms with Crippen LogP contribution < -0.4 is 10.1 Å². The van der Waals surface area contributed by atoms with Crippen molar-refractivity contribution in [2.75, 3.05) is 13.2 Å². The minimum atomic E-state index is -0.542. The summed E-state index contributed by atoms with van der Waals surface area (Å²) in [5.41, 5.74) is 3.11. The molecule has 0 fully saturated rings. The number of hydrogen-bond acceptors (Lipinski definition) is 3. The first-order chi connectivity index (χ1) is 14.3. The smallest absolute Gasteiger partial charge is 0.261 e. The highest BCUT2D eigenvalue weighted by Gasteiger charge is 2.29. The normalized spacial score (nSPS) is 11.8. The van der Waals surface area contributed by atoms with Crippen molar-refractivity contribution in [3.63, 3.8) is 0 Å². The molecule has 0 heterocycles. The van der Waals surface area contributed by atoms with E-state index < -0.39 is 6.04 Å². The molecule has 5 nitrogen and oxygen atoms in total. The van der Waals surface area contributed by atoms with Crippen LogP contribution in [-0.2, 0) is 16.1 Å². The summed E-state index contributed by atoms with van der Waals surface area (Å²) in [6.45, 7) is 10.8. The molecule has 5 heteroatoms. The van der Waals surface area contributed by atoms with Gasteiger partial charge in [-0.2, -0.15) is 0 Å². The van der Waals surface area contributed by atoms with Crippen LogP contribution in [0.25, 0.3) is 0 Å². The van der Waals surface area contributed by atoms with Gasteiger partial charge in [0, 0.05) is 13.1 Å². The molecule has 30 heavy (non-hydrogen) atoms. The molecular weight excluding hydrogens is 376 g/mol. The Labute approximate surface area is 180 Å². The number of rotatable bonds is 10. The average molecular weight is 411 g/mol. The van der Waals surface area contributed by atoms with E-state index in [4.69, 9.17) is 4.74 Å². The summed E-state index contributed by atoms with van der Waals surface area (Å²) < 4.78 is 5.82. The monoisotopic (exact) mass is 410 g/mol. The lowest BCUT2D eigenvalue weighted by Gasteiger charge is -2.31. The maximum atomic E-state index is 13.2. The minimum absolute atomic E-state index is 0.106. The lowest BCUT2D eigenvalue weighted by Crippen LogP contribution is -2.50. The highest BCUT2D eigenvalue weighted by atomic mass is 16.5. The van der Waals surface area contributed by atoms with Crippen molar-refractivity contribution in [2.45, 2.75) is 53.6 Å². The second kappa shape index (κ2) is 11.4. The Morgan fingerprint density at radius 2 is 1.77 bits per heavy atom. The number of nitrogens with one attached hydrogen (secondary N) is 1. The van der Waals surface area contributed by atoms with Gasteiger partial charge in [0.2, 0.25) is 5.91 Å². The summed E-state index contributed by atoms with van der Waals surface area (Å²) in [7, 11) is 0. The van der Waals surface area contributed by atoms with Crippen LogP contribution in [0, 0.1) is 19.8 Å². The van der Waals surface area contributed by atoms with Crippen molar-refractivity contribution in [1.82, 2.24) is 10.2 Å². The number of aryl methyl sites for hydroxylation is 2. The van der Waals surface area contributed by atoms with E-state index in [0.29, 0.717) is 31.2 Å². The molecule has 162 valence electrons. The van der Waals surface area contributed by atoms with Gasteiger partial charge in [-0.05, 0) is 43.4 Å². The summed E-state index contributed by atoms with van der Waals surface area (Å²) in [5.74, 6) is 0.705. The molecule has 2 amide bonds. The Hall–Kier alpha value is -2.82. The molecule has 1 N–H and O–H groups in total. The van der Waals surface area contributed by atoms with Crippen molar-refractivity contribution in [1.29, 1.82) is 0 Å². The zero-order valence-corrected chi connectivity index (χ0v) is 18.8. The SMILES string of the molecule is CC[C@H](C(=O)NCC(C)C)N(Cc1ccccc1)C(=O)COc1ccc(C)cc1C. The summed E-state index contributed by atoms with van der Waals surface area (Å²) >= 11 is 0. The maximum absolute atomic E-state index is 13.2. The van der Waals surface area contributed by atoms with E-state index in [2.05, 4.69) is 5.32 Å². The van der Waals surface area contributed by atoms with Crippen LogP contribution in [0.3, 0.4) is 0 Å². The number of nitrogens with zero attached hydrogens (tertiary/aromatic N) is 1. The molecule has 0 bridgehead atoms. The molecule has 0 aliphatic carbocycles. The van der Waals surface area contributed by atoms with Gasteiger partial charge >= 0.3 is 0 Å². The minimum Gasteiger partial charge on any atom is -0.483 e. The Kier molecular flexibility index (Phi) is 8.90. The summed E-state index contributed by atoms with van der Waals surface area (Å²) in [4.78, 5) is 27.6. The highest BCUT2D eigenvalue weighted by Crippen LogP contribution is 2.19. The van der Waals surface area contributed by atoms with Crippen LogP contribution >= 0.6 is 0 Å². The van der Waals surface area contributed by atoms with Crippen molar-refractivity contribution >= 4 is 11.8 Å². The lowest BCUT2D eigenvalue weighted by atomic mass is 10.1. The van der Waals surface area contributed by atoms with Crippen LogP contribution in [0.5, 0.6) is 5.75 Å². The van der Waals surface area contributed by atoms with Gasteiger partial charge in [-0.25, -0.2) is 0 Å². The van der Waals surface area contributed by atoms with Gasteiger partial charge in [-0.3, -0.25) is 9.59 Å². The number of carbonyl (C=O) groups excluding carboxylic acids is 2. The lowest BCUT2D eigenvalue weighted by molar-refractivity contribution is -0.143. The molecule has 1 atom stereocenters. The van der Waals surface area contributed by atoms with Crippen LogP contribution in [0.1, 0.15) is 43.9 Å². The standard InChI is InChI=1S/C25H34N2O3/c1-6-22(25(29)26-15-18(2)3)27(16-21-10-8-7-9-11-21)24(28)17-30-23-13-12-19(4)14-20(23)5/h7-14,18,22H,6,15-17H2,1-5H3,(H,26,29)/t22-/m1/s1. The fraction of sp³-hybridized carbons (Fsp3) is 0.440. The van der Waals surface area contributed by atoms with E-state index in [-0.39, 0.29) is 18.4 Å². The van der Waals surface area contributed by atoms with E-state index >= 15 is 0 Å². The number of benzene rings is 2. The van der Waals surface area contributed by atoms with E-state index in [1.165, 1.54) is 0 Å². The van der Waals surface area contributed by atoms with Crippen molar-refractivity contribution in [3.05, 3.63) is 65.2 Å². The second-order valence-electron chi connectivity index (χ2n) is 8.13. The molecule has 0 aliphatic heterocycles. The fourth-order valence-electron chi connectivity index (χ4n) is 3.31. The van der Waals surface area contributed by atoms with Gasteiger partial charge in [-0.15, -0.1) is 0 Å². The summed E-state index contributed by atoms with van der Waals surface area (Å²) in [6, 6.07) is 15.1. The number of carbonyl (C=O) groups is 2. The largest absolute Gasteiger partial charge is 0.483 e. The van der Waals surface area contributed by atoms with Gasteiger partial charge in [0.05, 0.1) is 0 Å². The molecule has 2 rings (SSSR count). The van der Waals surface area contributed by atoms with E-state index in [1.54, 1.807) is 4.90 Å². The van der Waals surface area contributed by atoms with Crippen LogP contribution in [0.15, 0.2) is 48.5 Å². The first-order valence-electron chi connectivity index (χ1n) is 10.6. The quantitative estimate of drug-likeness (QED) is 0.637. The topological polar surface area (TPSA) is 58.6 Å². The zero-order valence-electron chi connectivity index (χ0n) is 18.8. The molecule has 0 aliphatic rings. The summed E-state index contributed by atoms with van der Waals surface area (Å²) in [5, 5.41) is 2.97. The Morgan fingerprint density at radius 3 is 2.37 bits per heavy atom. The van der Waals surface area contributed by atoms with Crippen molar-refractivity contribution in [3.8, 4) is 5.75 Å². The molecule has 0 aromatic heterocycles. The number of hydrogen-bond donors (Lipinski definition) is 1. The molecule has 0 saturated heterocycles. The Morgan fingerprint density at radius 1 is 1.07 bits per heavy atom. The number of amides is 2. The fourth-order valence-corrected chi connectivity index (χ4v) is 3.31. The Bertz CT molecular complexity index is 834. The third-order valence-electron chi connectivity index (χ3n) is 4.95. The number of ether oxygens (including phenoxy) is 1. The van der Waals surface area contributed by atoms with Crippen LogP contribution in [0.4, 0.5) is 0 Å². The first kappa shape index (κ1) is 23.5. The predicted molar refractivity (Wildman–Crippen MR) is 120 cm³/mol. The van der Waals surface area contributed by atoms with Gasteiger partial charge in [0.25, 0.3) is 5.91 Å². The molecule has 0 unspecified atom stereocenters. The first-order valence-corrected chi connectivity index (χ1v) is 10.6. The van der Waals surface area contributed by atoms with E-state index in [9.17, 15) is 9.59 Å². The molecule has 0 saturated carbocycles. The molecule has 2 aromatic rings. The molecule has 2 aromatic carbocycles. The van der Waals surface area contributed by atoms with Gasteiger partial charge < -0.3 is 15.0 Å². The van der Waals surface area contributed by atoms with Crippen LogP contribution in [-0.4, -0.2) is 35.9 Å². The van der Waals surface area contributed by atoms with Gasteiger partial charge in [-0.1, -0.05) is 68.8 Å². The average Bonchev–Trinajstić information content (AvgIpc) is 2.72. The van der Waals surface area contributed by atoms with Crippen LogP contribution in [0.2, 0.25) is 0 Å². The van der Waals surface area contributed by atoms with E-state index in [1.807, 2.05) is 83.1 Å². The zero-order chi connectivity index (χ0) is 22.1. The predicted octanol–water partition coefficient (Wildman–Crippen LogP) is 4.26. The van der Waals surface area contributed by atoms with Crippen molar-refractivity contribution < 1.29 is 14.3 Å². The summed E-state index contributed by atoms with van der Waals surface area (Å²) in [6.07, 6.45) is 0.534. The molecule has 0 spiro atoms. The third kappa shape index (κ3) is 6.90. The molecular formula is C25H34N2O3. The van der Waals surface area contributed by atoms with Gasteiger partial charge in [0.15, 0.2) is 6.61 Å². The third-order valence-corrected chi connectivity index (χ3v) is 4.95. The molecule has 0 radical (unpaired) electrons. The van der Waals surface area contributed by atoms with Crippen molar-refractivity contribution in [2.24, 2.45) is 5.92 Å².